The Balaban J connectivity index is 2.13. The van der Waals surface area contributed by atoms with Crippen molar-refractivity contribution in [2.75, 3.05) is 25.6 Å². The number of rotatable bonds is 6. The van der Waals surface area contributed by atoms with E-state index in [9.17, 15) is 5.11 Å². The number of hydrogen-bond acceptors (Lipinski definition) is 5. The number of nitrogens with zero attached hydrogens (tertiary/aromatic N) is 2. The van der Waals surface area contributed by atoms with Crippen molar-refractivity contribution in [3.05, 3.63) is 41.6 Å². The number of aliphatic hydroxyl groups excluding tert-OH is 1. The molecule has 0 aliphatic heterocycles. The van der Waals surface area contributed by atoms with Gasteiger partial charge in [-0.15, -0.1) is 0 Å². The monoisotopic (exact) mass is 293 g/mol. The van der Waals surface area contributed by atoms with Gasteiger partial charge in [-0.25, -0.2) is 9.97 Å². The lowest BCUT2D eigenvalue weighted by atomic mass is 10.2. The fourth-order valence-corrected chi connectivity index (χ4v) is 1.88. The van der Waals surface area contributed by atoms with Crippen LogP contribution in [0.1, 0.15) is 0 Å². The molecule has 0 saturated heterocycles. The van der Waals surface area contributed by atoms with Crippen molar-refractivity contribution in [3.8, 4) is 11.4 Å². The predicted molar refractivity (Wildman–Crippen MR) is 78.9 cm³/mol. The van der Waals surface area contributed by atoms with E-state index >= 15 is 0 Å². The molecule has 0 amide bonds. The third-order valence-electron chi connectivity index (χ3n) is 2.60. The van der Waals surface area contributed by atoms with Crippen LogP contribution in [-0.2, 0) is 4.74 Å². The van der Waals surface area contributed by atoms with E-state index in [4.69, 9.17) is 16.3 Å². The summed E-state index contributed by atoms with van der Waals surface area (Å²) < 4.78 is 4.86. The lowest BCUT2D eigenvalue weighted by molar-refractivity contribution is 0.0727. The Morgan fingerprint density at radius 2 is 2.05 bits per heavy atom. The van der Waals surface area contributed by atoms with Gasteiger partial charge in [0, 0.05) is 25.3 Å². The molecule has 1 aromatic carbocycles. The van der Waals surface area contributed by atoms with Gasteiger partial charge in [0.25, 0.3) is 0 Å². The van der Waals surface area contributed by atoms with Gasteiger partial charge in [-0.1, -0.05) is 41.9 Å². The number of halogens is 1. The number of aromatic nitrogens is 2. The number of anilines is 1. The van der Waals surface area contributed by atoms with Gasteiger partial charge in [0.15, 0.2) is 5.82 Å². The second-order valence-electron chi connectivity index (χ2n) is 4.26. The summed E-state index contributed by atoms with van der Waals surface area (Å²) in [5.41, 5.74) is 0.885. The number of hydrogen-bond donors (Lipinski definition) is 2. The maximum absolute atomic E-state index is 9.60. The highest BCUT2D eigenvalue weighted by Crippen LogP contribution is 2.19. The molecule has 6 heteroatoms. The number of benzene rings is 1. The van der Waals surface area contributed by atoms with Gasteiger partial charge >= 0.3 is 0 Å². The highest BCUT2D eigenvalue weighted by molar-refractivity contribution is 6.29. The molecule has 2 aromatic rings. The van der Waals surface area contributed by atoms with Crippen molar-refractivity contribution in [1.82, 2.24) is 9.97 Å². The lowest BCUT2D eigenvalue weighted by Crippen LogP contribution is -2.24. The summed E-state index contributed by atoms with van der Waals surface area (Å²) >= 11 is 6.00. The zero-order valence-electron chi connectivity index (χ0n) is 11.1. The van der Waals surface area contributed by atoms with Gasteiger partial charge in [0.05, 0.1) is 12.7 Å². The molecule has 0 radical (unpaired) electrons. The van der Waals surface area contributed by atoms with Crippen LogP contribution >= 0.6 is 11.6 Å². The standard InChI is InChI=1S/C14H16ClN3O2/c1-20-9-11(19)8-16-13-7-12(15)17-14(18-13)10-5-3-2-4-6-10/h2-7,11,19H,8-9H2,1H3,(H,16,17,18). The Morgan fingerprint density at radius 3 is 2.75 bits per heavy atom. The molecule has 0 aliphatic rings. The quantitative estimate of drug-likeness (QED) is 0.799. The molecule has 1 aromatic heterocycles. The van der Waals surface area contributed by atoms with Crippen LogP contribution < -0.4 is 5.32 Å². The van der Waals surface area contributed by atoms with E-state index in [-0.39, 0.29) is 6.61 Å². The fourth-order valence-electron chi connectivity index (χ4n) is 1.70. The summed E-state index contributed by atoms with van der Waals surface area (Å²) in [5, 5.41) is 13.0. The molecule has 0 fully saturated rings. The maximum atomic E-state index is 9.60. The second kappa shape index (κ2) is 7.19. The summed E-state index contributed by atoms with van der Waals surface area (Å²) in [6, 6.07) is 11.2. The molecule has 0 saturated carbocycles. The highest BCUT2D eigenvalue weighted by Gasteiger charge is 2.07. The second-order valence-corrected chi connectivity index (χ2v) is 4.64. The Labute approximate surface area is 122 Å². The van der Waals surface area contributed by atoms with Crippen molar-refractivity contribution in [2.45, 2.75) is 6.10 Å². The highest BCUT2D eigenvalue weighted by atomic mass is 35.5. The van der Waals surface area contributed by atoms with E-state index in [0.717, 1.165) is 5.56 Å². The Kier molecular flexibility index (Phi) is 5.29. The zero-order chi connectivity index (χ0) is 14.4. The molecular formula is C14H16ClN3O2. The fraction of sp³-hybridized carbons (Fsp3) is 0.286. The van der Waals surface area contributed by atoms with Crippen LogP contribution in [0.15, 0.2) is 36.4 Å². The first-order valence-electron chi connectivity index (χ1n) is 6.20. The minimum absolute atomic E-state index is 0.261. The first-order chi connectivity index (χ1) is 9.69. The zero-order valence-corrected chi connectivity index (χ0v) is 11.8. The normalized spacial score (nSPS) is 12.2. The van der Waals surface area contributed by atoms with Crippen molar-refractivity contribution in [1.29, 1.82) is 0 Å². The van der Waals surface area contributed by atoms with E-state index in [0.29, 0.717) is 23.3 Å². The average molecular weight is 294 g/mol. The summed E-state index contributed by atoms with van der Waals surface area (Å²) in [7, 11) is 1.54. The van der Waals surface area contributed by atoms with E-state index in [2.05, 4.69) is 15.3 Å². The topological polar surface area (TPSA) is 67.3 Å². The molecule has 1 heterocycles. The molecule has 2 N–H and O–H groups in total. The Morgan fingerprint density at radius 1 is 1.30 bits per heavy atom. The minimum atomic E-state index is -0.603. The average Bonchev–Trinajstić information content (AvgIpc) is 2.46. The summed E-state index contributed by atoms with van der Waals surface area (Å²) in [6.07, 6.45) is -0.603. The largest absolute Gasteiger partial charge is 0.389 e. The maximum Gasteiger partial charge on any atom is 0.163 e. The smallest absolute Gasteiger partial charge is 0.163 e. The molecule has 5 nitrogen and oxygen atoms in total. The van der Waals surface area contributed by atoms with Crippen LogP contribution in [0.2, 0.25) is 5.15 Å². The molecule has 1 unspecified atom stereocenters. The molecular weight excluding hydrogens is 278 g/mol. The van der Waals surface area contributed by atoms with Gasteiger partial charge in [-0.3, -0.25) is 0 Å². The number of methoxy groups -OCH3 is 1. The van der Waals surface area contributed by atoms with Gasteiger partial charge < -0.3 is 15.2 Å². The number of ether oxygens (including phenoxy) is 1. The van der Waals surface area contributed by atoms with Crippen LogP contribution in [0.3, 0.4) is 0 Å². The Hall–Kier alpha value is -1.69. The van der Waals surface area contributed by atoms with Gasteiger partial charge in [-0.2, -0.15) is 0 Å². The van der Waals surface area contributed by atoms with E-state index in [1.54, 1.807) is 6.07 Å². The minimum Gasteiger partial charge on any atom is -0.389 e. The summed E-state index contributed by atoms with van der Waals surface area (Å²) in [6.45, 7) is 0.590. The van der Waals surface area contributed by atoms with Crippen LogP contribution in [0.25, 0.3) is 11.4 Å². The Bertz CT molecular complexity index is 551. The van der Waals surface area contributed by atoms with Gasteiger partial charge in [-0.05, 0) is 0 Å². The third-order valence-corrected chi connectivity index (χ3v) is 2.80. The predicted octanol–water partition coefficient (Wildman–Crippen LogP) is 2.22. The van der Waals surface area contributed by atoms with Crippen molar-refractivity contribution in [3.63, 3.8) is 0 Å². The SMILES string of the molecule is COCC(O)CNc1cc(Cl)nc(-c2ccccc2)n1. The molecule has 0 aliphatic carbocycles. The molecule has 0 spiro atoms. The molecule has 20 heavy (non-hydrogen) atoms. The van der Waals surface area contributed by atoms with Crippen molar-refractivity contribution >= 4 is 17.4 Å². The number of nitrogens with one attached hydrogen (secondary N) is 1. The summed E-state index contributed by atoms with van der Waals surface area (Å²) in [5.74, 6) is 1.11. The molecule has 1 atom stereocenters. The summed E-state index contributed by atoms with van der Waals surface area (Å²) in [4.78, 5) is 8.57. The number of aliphatic hydroxyl groups is 1. The first-order valence-corrected chi connectivity index (χ1v) is 6.57. The van der Waals surface area contributed by atoms with E-state index in [1.165, 1.54) is 7.11 Å². The third kappa shape index (κ3) is 4.16. The van der Waals surface area contributed by atoms with Gasteiger partial charge in [0.1, 0.15) is 11.0 Å². The van der Waals surface area contributed by atoms with E-state index < -0.39 is 6.10 Å². The van der Waals surface area contributed by atoms with E-state index in [1.807, 2.05) is 30.3 Å². The lowest BCUT2D eigenvalue weighted by Gasteiger charge is -2.12. The molecule has 0 bridgehead atoms. The van der Waals surface area contributed by atoms with Crippen LogP contribution in [0.5, 0.6) is 0 Å². The molecule has 106 valence electrons. The van der Waals surface area contributed by atoms with Crippen LogP contribution in [0, 0.1) is 0 Å². The van der Waals surface area contributed by atoms with Crippen molar-refractivity contribution < 1.29 is 9.84 Å². The van der Waals surface area contributed by atoms with Crippen molar-refractivity contribution in [2.24, 2.45) is 0 Å². The van der Waals surface area contributed by atoms with Crippen LogP contribution in [-0.4, -0.2) is 41.4 Å². The molecule has 2 rings (SSSR count). The first kappa shape index (κ1) is 14.7. The van der Waals surface area contributed by atoms with Crippen LogP contribution in [0.4, 0.5) is 5.82 Å². The van der Waals surface area contributed by atoms with Gasteiger partial charge in [0.2, 0.25) is 0 Å².